The predicted octanol–water partition coefficient (Wildman–Crippen LogP) is 4.00. The van der Waals surface area contributed by atoms with Crippen molar-refractivity contribution in [1.82, 2.24) is 5.32 Å². The number of nitrogens with one attached hydrogen (secondary N) is 1. The van der Waals surface area contributed by atoms with E-state index >= 15 is 0 Å². The van der Waals surface area contributed by atoms with Gasteiger partial charge in [-0.2, -0.15) is 0 Å². The van der Waals surface area contributed by atoms with Crippen LogP contribution < -0.4 is 10.1 Å². The maximum absolute atomic E-state index is 5.55. The highest BCUT2D eigenvalue weighted by Crippen LogP contribution is 2.24. The van der Waals surface area contributed by atoms with E-state index in [1.54, 1.807) is 0 Å². The SMILES string of the molecule is CCOc1cccc(-c2ccc(CNC3CC3)cc2)c1. The van der Waals surface area contributed by atoms with Crippen molar-refractivity contribution in [2.75, 3.05) is 6.61 Å². The molecular formula is C18H21NO. The summed E-state index contributed by atoms with van der Waals surface area (Å²) >= 11 is 0. The number of benzene rings is 2. The summed E-state index contributed by atoms with van der Waals surface area (Å²) in [7, 11) is 0. The van der Waals surface area contributed by atoms with Crippen molar-refractivity contribution >= 4 is 0 Å². The Kier molecular flexibility index (Phi) is 4.03. The smallest absolute Gasteiger partial charge is 0.119 e. The Hall–Kier alpha value is -1.80. The van der Waals surface area contributed by atoms with Gasteiger partial charge in [0, 0.05) is 12.6 Å². The molecule has 2 aromatic rings. The van der Waals surface area contributed by atoms with Crippen LogP contribution in [0, 0.1) is 0 Å². The number of hydrogen-bond acceptors (Lipinski definition) is 2. The van der Waals surface area contributed by atoms with Crippen LogP contribution in [0.4, 0.5) is 0 Å². The van der Waals surface area contributed by atoms with E-state index in [1.165, 1.54) is 29.5 Å². The molecule has 1 aliphatic rings. The van der Waals surface area contributed by atoms with Gasteiger partial charge in [0.25, 0.3) is 0 Å². The zero-order valence-electron chi connectivity index (χ0n) is 11.9. The van der Waals surface area contributed by atoms with Crippen molar-refractivity contribution < 1.29 is 4.74 Å². The highest BCUT2D eigenvalue weighted by molar-refractivity contribution is 5.65. The van der Waals surface area contributed by atoms with Crippen LogP contribution in [0.5, 0.6) is 5.75 Å². The molecule has 0 radical (unpaired) electrons. The minimum absolute atomic E-state index is 0.704. The number of ether oxygens (including phenoxy) is 1. The van der Waals surface area contributed by atoms with Crippen molar-refractivity contribution in [2.24, 2.45) is 0 Å². The van der Waals surface area contributed by atoms with E-state index in [0.29, 0.717) is 6.61 Å². The molecular weight excluding hydrogens is 246 g/mol. The van der Waals surface area contributed by atoms with Crippen molar-refractivity contribution in [3.8, 4) is 16.9 Å². The molecule has 1 N–H and O–H groups in total. The first-order valence-corrected chi connectivity index (χ1v) is 7.40. The van der Waals surface area contributed by atoms with Gasteiger partial charge in [-0.15, -0.1) is 0 Å². The molecule has 1 fully saturated rings. The van der Waals surface area contributed by atoms with E-state index in [4.69, 9.17) is 4.74 Å². The minimum Gasteiger partial charge on any atom is -0.494 e. The summed E-state index contributed by atoms with van der Waals surface area (Å²) in [5.41, 5.74) is 3.79. The molecule has 2 heteroatoms. The molecule has 2 nitrogen and oxygen atoms in total. The van der Waals surface area contributed by atoms with Crippen LogP contribution in [0.15, 0.2) is 48.5 Å². The van der Waals surface area contributed by atoms with Gasteiger partial charge in [0.05, 0.1) is 6.61 Å². The summed E-state index contributed by atoms with van der Waals surface area (Å²) in [4.78, 5) is 0. The van der Waals surface area contributed by atoms with Gasteiger partial charge in [0.15, 0.2) is 0 Å². The van der Waals surface area contributed by atoms with E-state index in [1.807, 2.05) is 19.1 Å². The summed E-state index contributed by atoms with van der Waals surface area (Å²) < 4.78 is 5.55. The number of hydrogen-bond donors (Lipinski definition) is 1. The van der Waals surface area contributed by atoms with Crippen LogP contribution in [0.25, 0.3) is 11.1 Å². The zero-order valence-corrected chi connectivity index (χ0v) is 11.9. The second kappa shape index (κ2) is 6.10. The molecule has 0 bridgehead atoms. The van der Waals surface area contributed by atoms with E-state index in [9.17, 15) is 0 Å². The van der Waals surface area contributed by atoms with Crippen molar-refractivity contribution in [3.05, 3.63) is 54.1 Å². The lowest BCUT2D eigenvalue weighted by Gasteiger charge is -2.08. The van der Waals surface area contributed by atoms with Gasteiger partial charge in [-0.05, 0) is 48.6 Å². The quantitative estimate of drug-likeness (QED) is 0.854. The van der Waals surface area contributed by atoms with E-state index < -0.39 is 0 Å². The van der Waals surface area contributed by atoms with Crippen LogP contribution >= 0.6 is 0 Å². The van der Waals surface area contributed by atoms with E-state index in [-0.39, 0.29) is 0 Å². The molecule has 0 aliphatic heterocycles. The van der Waals surface area contributed by atoms with Gasteiger partial charge in [0.2, 0.25) is 0 Å². The lowest BCUT2D eigenvalue weighted by Crippen LogP contribution is -2.14. The molecule has 1 aliphatic carbocycles. The molecule has 0 spiro atoms. The van der Waals surface area contributed by atoms with Crippen molar-refractivity contribution in [3.63, 3.8) is 0 Å². The molecule has 1 saturated carbocycles. The van der Waals surface area contributed by atoms with Crippen molar-refractivity contribution in [2.45, 2.75) is 32.4 Å². The molecule has 0 heterocycles. The van der Waals surface area contributed by atoms with Crippen LogP contribution in [0.2, 0.25) is 0 Å². The normalized spacial score (nSPS) is 14.2. The monoisotopic (exact) mass is 267 g/mol. The molecule has 20 heavy (non-hydrogen) atoms. The third-order valence-electron chi connectivity index (χ3n) is 3.60. The molecule has 0 aromatic heterocycles. The van der Waals surface area contributed by atoms with Gasteiger partial charge in [-0.25, -0.2) is 0 Å². The summed E-state index contributed by atoms with van der Waals surface area (Å²) in [5.74, 6) is 0.935. The van der Waals surface area contributed by atoms with Crippen LogP contribution in [-0.2, 0) is 6.54 Å². The third-order valence-corrected chi connectivity index (χ3v) is 3.60. The first-order chi connectivity index (χ1) is 9.85. The molecule has 2 aromatic carbocycles. The lowest BCUT2D eigenvalue weighted by atomic mass is 10.0. The summed E-state index contributed by atoms with van der Waals surface area (Å²) in [6.07, 6.45) is 2.67. The molecule has 3 rings (SSSR count). The Morgan fingerprint density at radius 2 is 1.85 bits per heavy atom. The summed E-state index contributed by atoms with van der Waals surface area (Å²) in [6, 6.07) is 17.8. The van der Waals surface area contributed by atoms with Gasteiger partial charge >= 0.3 is 0 Å². The van der Waals surface area contributed by atoms with E-state index in [2.05, 4.69) is 41.7 Å². The Balaban J connectivity index is 1.70. The predicted molar refractivity (Wildman–Crippen MR) is 82.9 cm³/mol. The second-order valence-electron chi connectivity index (χ2n) is 5.31. The first kappa shape index (κ1) is 13.2. The van der Waals surface area contributed by atoms with Crippen LogP contribution in [-0.4, -0.2) is 12.6 Å². The molecule has 0 unspecified atom stereocenters. The fourth-order valence-electron chi connectivity index (χ4n) is 2.30. The lowest BCUT2D eigenvalue weighted by molar-refractivity contribution is 0.340. The molecule has 0 amide bonds. The Labute approximate surface area is 120 Å². The van der Waals surface area contributed by atoms with Gasteiger partial charge in [-0.3, -0.25) is 0 Å². The minimum atomic E-state index is 0.704. The largest absolute Gasteiger partial charge is 0.494 e. The fraction of sp³-hybridized carbons (Fsp3) is 0.333. The van der Waals surface area contributed by atoms with Crippen LogP contribution in [0.3, 0.4) is 0 Å². The Bertz CT molecular complexity index is 558. The highest BCUT2D eigenvalue weighted by Gasteiger charge is 2.19. The average Bonchev–Trinajstić information content (AvgIpc) is 3.31. The topological polar surface area (TPSA) is 21.3 Å². The van der Waals surface area contributed by atoms with Gasteiger partial charge in [-0.1, -0.05) is 36.4 Å². The molecule has 0 atom stereocenters. The summed E-state index contributed by atoms with van der Waals surface area (Å²) in [6.45, 7) is 3.69. The maximum Gasteiger partial charge on any atom is 0.119 e. The first-order valence-electron chi connectivity index (χ1n) is 7.40. The summed E-state index contributed by atoms with van der Waals surface area (Å²) in [5, 5.41) is 3.54. The maximum atomic E-state index is 5.55. The Morgan fingerprint density at radius 1 is 1.05 bits per heavy atom. The average molecular weight is 267 g/mol. The standard InChI is InChI=1S/C18H21NO/c1-2-20-18-5-3-4-16(12-18)15-8-6-14(7-9-15)13-19-17-10-11-17/h3-9,12,17,19H,2,10-11,13H2,1H3. The molecule has 104 valence electrons. The highest BCUT2D eigenvalue weighted by atomic mass is 16.5. The zero-order chi connectivity index (χ0) is 13.8. The van der Waals surface area contributed by atoms with E-state index in [0.717, 1.165) is 18.3 Å². The second-order valence-corrected chi connectivity index (χ2v) is 5.31. The Morgan fingerprint density at radius 3 is 2.55 bits per heavy atom. The van der Waals surface area contributed by atoms with Crippen molar-refractivity contribution in [1.29, 1.82) is 0 Å². The van der Waals surface area contributed by atoms with Gasteiger partial charge in [0.1, 0.15) is 5.75 Å². The fourth-order valence-corrected chi connectivity index (χ4v) is 2.30. The van der Waals surface area contributed by atoms with Gasteiger partial charge < -0.3 is 10.1 Å². The van der Waals surface area contributed by atoms with Crippen LogP contribution in [0.1, 0.15) is 25.3 Å². The third kappa shape index (κ3) is 3.40. The number of rotatable bonds is 6. The molecule has 0 saturated heterocycles.